The van der Waals surface area contributed by atoms with E-state index in [1.165, 1.54) is 0 Å². The summed E-state index contributed by atoms with van der Waals surface area (Å²) in [5, 5.41) is 3.58. The van der Waals surface area contributed by atoms with Crippen LogP contribution in [0.2, 0.25) is 5.02 Å². The fourth-order valence-electron chi connectivity index (χ4n) is 1.61. The van der Waals surface area contributed by atoms with E-state index in [1.54, 1.807) is 32.9 Å². The second kappa shape index (κ2) is 7.36. The Morgan fingerprint density at radius 2 is 2.10 bits per heavy atom. The Balaban J connectivity index is 2.80. The van der Waals surface area contributed by atoms with Crippen LogP contribution in [0.3, 0.4) is 0 Å². The van der Waals surface area contributed by atoms with Crippen LogP contribution in [0.15, 0.2) is 30.5 Å². The van der Waals surface area contributed by atoms with E-state index < -0.39 is 11.6 Å². The van der Waals surface area contributed by atoms with Crippen LogP contribution in [0, 0.1) is 0 Å². The standard InChI is InChI=1S/C16H22ClNO3/c1-6-20-15(19)16(4,5)21-14-8-7-12(9-13(14)17)10-18-11(2)3/h7-9,18H,2,6,10H2,1,3-5H3. The zero-order chi connectivity index (χ0) is 16.0. The van der Waals surface area contributed by atoms with E-state index in [-0.39, 0.29) is 0 Å². The molecule has 1 rings (SSSR count). The van der Waals surface area contributed by atoms with Gasteiger partial charge in [-0.15, -0.1) is 0 Å². The lowest BCUT2D eigenvalue weighted by atomic mass is 10.1. The molecule has 0 saturated heterocycles. The van der Waals surface area contributed by atoms with Crippen molar-refractivity contribution in [3.8, 4) is 5.75 Å². The zero-order valence-corrected chi connectivity index (χ0v) is 13.7. The molecule has 0 radical (unpaired) electrons. The second-order valence-electron chi connectivity index (χ2n) is 5.23. The Morgan fingerprint density at radius 3 is 2.62 bits per heavy atom. The van der Waals surface area contributed by atoms with Crippen molar-refractivity contribution in [3.63, 3.8) is 0 Å². The van der Waals surface area contributed by atoms with Crippen LogP contribution in [-0.4, -0.2) is 18.2 Å². The lowest BCUT2D eigenvalue weighted by molar-refractivity contribution is -0.158. The highest BCUT2D eigenvalue weighted by Crippen LogP contribution is 2.29. The number of hydrogen-bond acceptors (Lipinski definition) is 4. The number of carbonyl (C=O) groups is 1. The number of halogens is 1. The molecule has 1 aromatic carbocycles. The highest BCUT2D eigenvalue weighted by molar-refractivity contribution is 6.32. The summed E-state index contributed by atoms with van der Waals surface area (Å²) >= 11 is 6.21. The topological polar surface area (TPSA) is 47.6 Å². The molecule has 116 valence electrons. The largest absolute Gasteiger partial charge is 0.475 e. The second-order valence-corrected chi connectivity index (χ2v) is 5.64. The van der Waals surface area contributed by atoms with Gasteiger partial charge < -0.3 is 14.8 Å². The molecule has 1 N–H and O–H groups in total. The number of benzene rings is 1. The Labute approximate surface area is 131 Å². The summed E-state index contributed by atoms with van der Waals surface area (Å²) in [6.07, 6.45) is 0. The Bertz CT molecular complexity index is 526. The molecule has 1 aromatic rings. The summed E-state index contributed by atoms with van der Waals surface area (Å²) < 4.78 is 10.7. The van der Waals surface area contributed by atoms with E-state index in [4.69, 9.17) is 21.1 Å². The van der Waals surface area contributed by atoms with Crippen molar-refractivity contribution in [2.75, 3.05) is 6.61 Å². The molecule has 0 amide bonds. The molecule has 0 atom stereocenters. The van der Waals surface area contributed by atoms with Gasteiger partial charge >= 0.3 is 5.97 Å². The summed E-state index contributed by atoms with van der Waals surface area (Å²) in [4.78, 5) is 11.8. The minimum Gasteiger partial charge on any atom is -0.475 e. The van der Waals surface area contributed by atoms with Gasteiger partial charge in [-0.05, 0) is 45.4 Å². The highest BCUT2D eigenvalue weighted by Gasteiger charge is 2.32. The van der Waals surface area contributed by atoms with Crippen molar-refractivity contribution in [3.05, 3.63) is 41.1 Å². The molecule has 5 heteroatoms. The number of hydrogen-bond donors (Lipinski definition) is 1. The van der Waals surface area contributed by atoms with Gasteiger partial charge in [-0.25, -0.2) is 4.79 Å². The smallest absolute Gasteiger partial charge is 0.349 e. The highest BCUT2D eigenvalue weighted by atomic mass is 35.5. The van der Waals surface area contributed by atoms with E-state index in [0.717, 1.165) is 11.3 Å². The molecule has 0 saturated carbocycles. The van der Waals surface area contributed by atoms with E-state index in [1.807, 2.05) is 13.0 Å². The van der Waals surface area contributed by atoms with Gasteiger partial charge in [0, 0.05) is 12.2 Å². The van der Waals surface area contributed by atoms with Gasteiger partial charge in [0.2, 0.25) is 0 Å². The number of esters is 1. The van der Waals surface area contributed by atoms with E-state index in [2.05, 4.69) is 11.9 Å². The van der Waals surface area contributed by atoms with Crippen molar-refractivity contribution in [1.82, 2.24) is 5.32 Å². The van der Waals surface area contributed by atoms with Crippen LogP contribution in [0.4, 0.5) is 0 Å². The van der Waals surface area contributed by atoms with E-state index >= 15 is 0 Å². The predicted octanol–water partition coefficient (Wildman–Crippen LogP) is 3.68. The van der Waals surface area contributed by atoms with Crippen LogP contribution < -0.4 is 10.1 Å². The summed E-state index contributed by atoms with van der Waals surface area (Å²) in [5.74, 6) is 0.0305. The average molecular weight is 312 g/mol. The molecule has 0 aliphatic heterocycles. The summed E-state index contributed by atoms with van der Waals surface area (Å²) in [6.45, 7) is 11.7. The molecular weight excluding hydrogens is 290 g/mol. The molecule has 0 aliphatic carbocycles. The van der Waals surface area contributed by atoms with Crippen molar-refractivity contribution in [1.29, 1.82) is 0 Å². The van der Waals surface area contributed by atoms with Gasteiger partial charge in [0.15, 0.2) is 5.60 Å². The predicted molar refractivity (Wildman–Crippen MR) is 84.4 cm³/mol. The minimum atomic E-state index is -1.09. The molecule has 0 aromatic heterocycles. The number of rotatable bonds is 7. The first-order valence-electron chi connectivity index (χ1n) is 6.80. The summed E-state index contributed by atoms with van der Waals surface area (Å²) in [6, 6.07) is 5.44. The van der Waals surface area contributed by atoms with Gasteiger partial charge in [-0.1, -0.05) is 24.2 Å². The average Bonchev–Trinajstić information content (AvgIpc) is 2.39. The first-order chi connectivity index (χ1) is 9.76. The number of allylic oxidation sites excluding steroid dienone is 1. The molecule has 0 fully saturated rings. The normalized spacial score (nSPS) is 10.9. The third kappa shape index (κ3) is 5.31. The monoisotopic (exact) mass is 311 g/mol. The van der Waals surface area contributed by atoms with E-state index in [9.17, 15) is 4.79 Å². The SMILES string of the molecule is C=C(C)NCc1ccc(OC(C)(C)C(=O)OCC)c(Cl)c1. The number of carbonyl (C=O) groups excluding carboxylic acids is 1. The quantitative estimate of drug-likeness (QED) is 0.780. The van der Waals surface area contributed by atoms with Crippen molar-refractivity contribution >= 4 is 17.6 Å². The molecule has 0 unspecified atom stereocenters. The maximum atomic E-state index is 11.8. The molecule has 0 bridgehead atoms. The lowest BCUT2D eigenvalue weighted by Crippen LogP contribution is -2.39. The van der Waals surface area contributed by atoms with E-state index in [0.29, 0.717) is 23.9 Å². The minimum absolute atomic E-state index is 0.310. The first kappa shape index (κ1) is 17.4. The fourth-order valence-corrected chi connectivity index (χ4v) is 1.85. The Hall–Kier alpha value is -1.68. The van der Waals surface area contributed by atoms with Gasteiger partial charge in [-0.3, -0.25) is 0 Å². The van der Waals surface area contributed by atoms with Crippen molar-refractivity contribution < 1.29 is 14.3 Å². The van der Waals surface area contributed by atoms with Crippen LogP contribution in [0.5, 0.6) is 5.75 Å². The van der Waals surface area contributed by atoms with Crippen LogP contribution in [0.1, 0.15) is 33.3 Å². The molecule has 0 heterocycles. The maximum Gasteiger partial charge on any atom is 0.349 e. The zero-order valence-electron chi connectivity index (χ0n) is 13.0. The van der Waals surface area contributed by atoms with Gasteiger partial charge in [0.25, 0.3) is 0 Å². The molecular formula is C16H22ClNO3. The number of ether oxygens (including phenoxy) is 2. The van der Waals surface area contributed by atoms with Gasteiger partial charge in [0.1, 0.15) is 5.75 Å². The molecule has 21 heavy (non-hydrogen) atoms. The van der Waals surface area contributed by atoms with Crippen LogP contribution in [0.25, 0.3) is 0 Å². The van der Waals surface area contributed by atoms with Crippen molar-refractivity contribution in [2.24, 2.45) is 0 Å². The third-order valence-electron chi connectivity index (χ3n) is 2.72. The molecule has 4 nitrogen and oxygen atoms in total. The van der Waals surface area contributed by atoms with Crippen molar-refractivity contribution in [2.45, 2.75) is 39.8 Å². The van der Waals surface area contributed by atoms with Gasteiger partial charge in [-0.2, -0.15) is 0 Å². The maximum absolute atomic E-state index is 11.8. The number of nitrogens with one attached hydrogen (secondary N) is 1. The Morgan fingerprint density at radius 1 is 1.43 bits per heavy atom. The Kier molecular flexibility index (Phi) is 6.09. The molecule has 0 spiro atoms. The van der Waals surface area contributed by atoms with Crippen LogP contribution in [-0.2, 0) is 16.1 Å². The van der Waals surface area contributed by atoms with Crippen LogP contribution >= 0.6 is 11.6 Å². The fraction of sp³-hybridized carbons (Fsp3) is 0.438. The summed E-state index contributed by atoms with van der Waals surface area (Å²) in [5.41, 5.74) is 0.802. The van der Waals surface area contributed by atoms with Gasteiger partial charge in [0.05, 0.1) is 11.6 Å². The summed E-state index contributed by atoms with van der Waals surface area (Å²) in [7, 11) is 0. The third-order valence-corrected chi connectivity index (χ3v) is 3.02. The molecule has 0 aliphatic rings. The first-order valence-corrected chi connectivity index (χ1v) is 7.18. The lowest BCUT2D eigenvalue weighted by Gasteiger charge is -2.24.